The molecule has 0 atom stereocenters. The molecular weight excluding hydrogens is 246 g/mol. The maximum atomic E-state index is 12.0. The molecule has 1 rings (SSSR count). The molecule has 6 heteroatoms. The maximum absolute atomic E-state index is 12.0. The number of ether oxygens (including phenoxy) is 1. The van der Waals surface area contributed by atoms with E-state index in [1.54, 1.807) is 32.0 Å². The van der Waals surface area contributed by atoms with Crippen LogP contribution in [0.2, 0.25) is 0 Å². The lowest BCUT2D eigenvalue weighted by Crippen LogP contribution is -2.42. The molecule has 0 bridgehead atoms. The van der Waals surface area contributed by atoms with Crippen molar-refractivity contribution in [1.82, 2.24) is 5.32 Å². The highest BCUT2D eigenvalue weighted by atomic mass is 16.5. The van der Waals surface area contributed by atoms with Gasteiger partial charge in [-0.1, -0.05) is 0 Å². The Balaban J connectivity index is 2.77. The summed E-state index contributed by atoms with van der Waals surface area (Å²) in [6.07, 6.45) is 0. The lowest BCUT2D eigenvalue weighted by molar-refractivity contribution is -0.125. The summed E-state index contributed by atoms with van der Waals surface area (Å²) in [6, 6.07) is 4.78. The van der Waals surface area contributed by atoms with E-state index in [1.807, 2.05) is 0 Å². The Kier molecular flexibility index (Phi) is 4.37. The number of amides is 2. The number of hydrogen-bond acceptors (Lipinski definition) is 4. The quantitative estimate of drug-likeness (QED) is 0.674. The molecule has 0 fully saturated rings. The molecule has 104 valence electrons. The molecule has 5 N–H and O–H groups in total. The third-order valence-electron chi connectivity index (χ3n) is 2.86. The van der Waals surface area contributed by atoms with E-state index in [0.717, 1.165) is 0 Å². The summed E-state index contributed by atoms with van der Waals surface area (Å²) in [5, 5.41) is 2.64. The number of anilines is 1. The van der Waals surface area contributed by atoms with E-state index in [1.165, 1.54) is 7.11 Å². The Labute approximate surface area is 112 Å². The number of nitrogens with one attached hydrogen (secondary N) is 1. The number of benzene rings is 1. The zero-order chi connectivity index (χ0) is 14.6. The molecule has 0 heterocycles. The summed E-state index contributed by atoms with van der Waals surface area (Å²) >= 11 is 0. The first kappa shape index (κ1) is 14.8. The van der Waals surface area contributed by atoms with E-state index < -0.39 is 11.3 Å². The number of rotatable bonds is 5. The molecule has 1 aromatic carbocycles. The first-order chi connectivity index (χ1) is 8.77. The van der Waals surface area contributed by atoms with Crippen molar-refractivity contribution in [2.75, 3.05) is 19.4 Å². The van der Waals surface area contributed by atoms with Crippen molar-refractivity contribution >= 4 is 17.5 Å². The van der Waals surface area contributed by atoms with Crippen molar-refractivity contribution in [2.24, 2.45) is 11.1 Å². The molecule has 1 aromatic rings. The van der Waals surface area contributed by atoms with Crippen molar-refractivity contribution in [3.8, 4) is 5.75 Å². The summed E-state index contributed by atoms with van der Waals surface area (Å²) < 4.78 is 5.00. The molecule has 0 spiro atoms. The minimum atomic E-state index is -0.809. The van der Waals surface area contributed by atoms with E-state index in [4.69, 9.17) is 16.2 Å². The molecule has 0 aliphatic rings. The molecule has 0 radical (unpaired) electrons. The van der Waals surface area contributed by atoms with Gasteiger partial charge in [-0.25, -0.2) is 0 Å². The Hall–Kier alpha value is -2.24. The smallest absolute Gasteiger partial charge is 0.253 e. The van der Waals surface area contributed by atoms with Gasteiger partial charge in [-0.3, -0.25) is 9.59 Å². The first-order valence-electron chi connectivity index (χ1n) is 5.79. The fourth-order valence-electron chi connectivity index (χ4n) is 1.36. The van der Waals surface area contributed by atoms with E-state index >= 15 is 0 Å². The largest absolute Gasteiger partial charge is 0.497 e. The van der Waals surface area contributed by atoms with Crippen molar-refractivity contribution in [3.63, 3.8) is 0 Å². The van der Waals surface area contributed by atoms with Crippen LogP contribution in [0.1, 0.15) is 24.2 Å². The molecule has 0 unspecified atom stereocenters. The Morgan fingerprint density at radius 3 is 2.47 bits per heavy atom. The van der Waals surface area contributed by atoms with Crippen molar-refractivity contribution in [3.05, 3.63) is 23.8 Å². The lowest BCUT2D eigenvalue weighted by Gasteiger charge is -2.21. The van der Waals surface area contributed by atoms with Crippen molar-refractivity contribution < 1.29 is 14.3 Å². The van der Waals surface area contributed by atoms with Gasteiger partial charge in [0.1, 0.15) is 5.75 Å². The van der Waals surface area contributed by atoms with Crippen molar-refractivity contribution in [1.29, 1.82) is 0 Å². The normalized spacial score (nSPS) is 10.9. The topological polar surface area (TPSA) is 107 Å². The Bertz CT molecular complexity index is 498. The second kappa shape index (κ2) is 5.60. The molecule has 0 saturated carbocycles. The summed E-state index contributed by atoms with van der Waals surface area (Å²) in [5.74, 6) is -0.253. The second-order valence-electron chi connectivity index (χ2n) is 4.88. The van der Waals surface area contributed by atoms with Crippen LogP contribution in [0.15, 0.2) is 18.2 Å². The van der Waals surface area contributed by atoms with Gasteiger partial charge in [0.2, 0.25) is 5.91 Å². The minimum absolute atomic E-state index is 0.145. The number of methoxy groups -OCH3 is 1. The molecule has 0 aromatic heterocycles. The number of nitrogens with two attached hydrogens (primary N) is 2. The fraction of sp³-hybridized carbons (Fsp3) is 0.385. The fourth-order valence-corrected chi connectivity index (χ4v) is 1.36. The van der Waals surface area contributed by atoms with Crippen molar-refractivity contribution in [2.45, 2.75) is 13.8 Å². The highest BCUT2D eigenvalue weighted by Crippen LogP contribution is 2.20. The third-order valence-corrected chi connectivity index (χ3v) is 2.86. The van der Waals surface area contributed by atoms with Crippen LogP contribution in [0, 0.1) is 5.41 Å². The van der Waals surface area contributed by atoms with Crippen LogP contribution in [0.4, 0.5) is 5.69 Å². The standard InChI is InChI=1S/C13H19N3O3/c1-13(2,12(15)18)7-16-11(17)9-5-4-8(19-3)6-10(9)14/h4-6H,7,14H2,1-3H3,(H2,15,18)(H,16,17). The van der Waals surface area contributed by atoms with Crippen LogP contribution in [-0.4, -0.2) is 25.5 Å². The number of nitrogen functional groups attached to an aromatic ring is 1. The van der Waals surface area contributed by atoms with Gasteiger partial charge in [-0.05, 0) is 26.0 Å². The number of primary amides is 1. The predicted molar refractivity (Wildman–Crippen MR) is 72.7 cm³/mol. The highest BCUT2D eigenvalue weighted by Gasteiger charge is 2.25. The van der Waals surface area contributed by atoms with Crippen LogP contribution in [-0.2, 0) is 4.79 Å². The van der Waals surface area contributed by atoms with Gasteiger partial charge in [0.25, 0.3) is 5.91 Å². The van der Waals surface area contributed by atoms with Gasteiger partial charge < -0.3 is 21.5 Å². The van der Waals surface area contributed by atoms with E-state index in [9.17, 15) is 9.59 Å². The summed E-state index contributed by atoms with van der Waals surface area (Å²) in [5.41, 5.74) is 10.8. The summed E-state index contributed by atoms with van der Waals surface area (Å²) in [6.45, 7) is 3.46. The monoisotopic (exact) mass is 265 g/mol. The first-order valence-corrected chi connectivity index (χ1v) is 5.79. The van der Waals surface area contributed by atoms with E-state index in [-0.39, 0.29) is 12.5 Å². The van der Waals surface area contributed by atoms with Gasteiger partial charge in [0, 0.05) is 18.3 Å². The van der Waals surface area contributed by atoms with E-state index in [2.05, 4.69) is 5.32 Å². The molecule has 19 heavy (non-hydrogen) atoms. The van der Waals surface area contributed by atoms with Gasteiger partial charge in [0.05, 0.1) is 18.1 Å². The molecular formula is C13H19N3O3. The molecule has 0 aliphatic heterocycles. The Morgan fingerprint density at radius 1 is 1.37 bits per heavy atom. The van der Waals surface area contributed by atoms with Gasteiger partial charge in [0.15, 0.2) is 0 Å². The number of carbonyl (C=O) groups is 2. The highest BCUT2D eigenvalue weighted by molar-refractivity contribution is 5.99. The molecule has 2 amide bonds. The minimum Gasteiger partial charge on any atom is -0.497 e. The van der Waals surface area contributed by atoms with Gasteiger partial charge >= 0.3 is 0 Å². The van der Waals surface area contributed by atoms with Crippen LogP contribution < -0.4 is 21.5 Å². The van der Waals surface area contributed by atoms with Crippen LogP contribution in [0.3, 0.4) is 0 Å². The van der Waals surface area contributed by atoms with Crippen LogP contribution in [0.25, 0.3) is 0 Å². The lowest BCUT2D eigenvalue weighted by atomic mass is 9.92. The van der Waals surface area contributed by atoms with Crippen LogP contribution >= 0.6 is 0 Å². The maximum Gasteiger partial charge on any atom is 0.253 e. The van der Waals surface area contributed by atoms with Gasteiger partial charge in [-0.15, -0.1) is 0 Å². The predicted octanol–water partition coefficient (Wildman–Crippen LogP) is 0.519. The number of carbonyl (C=O) groups excluding carboxylic acids is 2. The average molecular weight is 265 g/mol. The van der Waals surface area contributed by atoms with Gasteiger partial charge in [-0.2, -0.15) is 0 Å². The summed E-state index contributed by atoms with van der Waals surface area (Å²) in [4.78, 5) is 23.1. The summed E-state index contributed by atoms with van der Waals surface area (Å²) in [7, 11) is 1.52. The molecule has 0 aliphatic carbocycles. The van der Waals surface area contributed by atoms with E-state index in [0.29, 0.717) is 17.0 Å². The number of hydrogen-bond donors (Lipinski definition) is 3. The molecule has 0 saturated heterocycles. The molecule has 6 nitrogen and oxygen atoms in total. The SMILES string of the molecule is COc1ccc(C(=O)NCC(C)(C)C(N)=O)c(N)c1. The zero-order valence-corrected chi connectivity index (χ0v) is 11.3. The average Bonchev–Trinajstić information content (AvgIpc) is 2.35. The zero-order valence-electron chi connectivity index (χ0n) is 11.3. The third kappa shape index (κ3) is 3.61. The second-order valence-corrected chi connectivity index (χ2v) is 4.88. The Morgan fingerprint density at radius 2 is 2.00 bits per heavy atom. The van der Waals surface area contributed by atoms with Crippen LogP contribution in [0.5, 0.6) is 5.75 Å².